The summed E-state index contributed by atoms with van der Waals surface area (Å²) in [5.41, 5.74) is -0.721. The van der Waals surface area contributed by atoms with Crippen LogP contribution in [-0.4, -0.2) is 34.7 Å². The highest BCUT2D eigenvalue weighted by Crippen LogP contribution is 2.28. The van der Waals surface area contributed by atoms with Crippen LogP contribution in [-0.2, 0) is 25.5 Å². The maximum absolute atomic E-state index is 11.9. The van der Waals surface area contributed by atoms with Gasteiger partial charge in [-0.1, -0.05) is 6.07 Å². The highest BCUT2D eigenvalue weighted by molar-refractivity contribution is 5.80. The Hall–Kier alpha value is -2.64. The minimum atomic E-state index is -0.839. The smallest absolute Gasteiger partial charge is 0.310 e. The third-order valence-electron chi connectivity index (χ3n) is 3.09. The van der Waals surface area contributed by atoms with Gasteiger partial charge in [0.05, 0.1) is 24.4 Å². The number of phenols is 1. The molecule has 1 N–H and O–H groups in total. The molecule has 0 fully saturated rings. The molecule has 0 aliphatic carbocycles. The molecule has 0 aromatic heterocycles. The second-order valence-electron chi connectivity index (χ2n) is 6.29. The molecule has 8 heteroatoms. The Morgan fingerprint density at radius 1 is 1.33 bits per heavy atom. The number of nitro groups is 1. The van der Waals surface area contributed by atoms with Crippen molar-refractivity contribution in [3.05, 3.63) is 33.9 Å². The fraction of sp³-hybridized carbons (Fsp3) is 0.500. The summed E-state index contributed by atoms with van der Waals surface area (Å²) in [6.07, 6.45) is -0.161. The van der Waals surface area contributed by atoms with Crippen LogP contribution in [0.15, 0.2) is 18.2 Å². The van der Waals surface area contributed by atoms with Crippen molar-refractivity contribution in [3.63, 3.8) is 0 Å². The van der Waals surface area contributed by atoms with E-state index in [9.17, 15) is 24.8 Å². The first-order valence-electron chi connectivity index (χ1n) is 7.29. The third kappa shape index (κ3) is 5.86. The molecule has 1 atom stereocenters. The lowest BCUT2D eigenvalue weighted by molar-refractivity contribution is -0.385. The summed E-state index contributed by atoms with van der Waals surface area (Å²) in [6.45, 7) is 5.13. The highest BCUT2D eigenvalue weighted by atomic mass is 16.6. The van der Waals surface area contributed by atoms with E-state index in [-0.39, 0.29) is 12.8 Å². The topological polar surface area (TPSA) is 116 Å². The maximum atomic E-state index is 11.9. The van der Waals surface area contributed by atoms with Crippen molar-refractivity contribution in [1.82, 2.24) is 0 Å². The van der Waals surface area contributed by atoms with Crippen LogP contribution in [0.25, 0.3) is 0 Å². The summed E-state index contributed by atoms with van der Waals surface area (Å²) in [5, 5.41) is 20.3. The van der Waals surface area contributed by atoms with Crippen molar-refractivity contribution in [2.24, 2.45) is 5.92 Å². The number of carbonyl (C=O) groups excluding carboxylic acids is 2. The molecule has 1 aromatic rings. The van der Waals surface area contributed by atoms with Gasteiger partial charge in [0, 0.05) is 6.07 Å². The molecule has 0 unspecified atom stereocenters. The summed E-state index contributed by atoms with van der Waals surface area (Å²) in [4.78, 5) is 34.0. The molecule has 0 heterocycles. The van der Waals surface area contributed by atoms with Crippen LogP contribution in [0.3, 0.4) is 0 Å². The van der Waals surface area contributed by atoms with E-state index in [1.54, 1.807) is 20.8 Å². The number of nitrogens with zero attached hydrogens (tertiary/aromatic N) is 1. The first kappa shape index (κ1) is 19.4. The number of phenolic OH excluding ortho intramolecular Hbond substituents is 1. The van der Waals surface area contributed by atoms with Gasteiger partial charge in [-0.2, -0.15) is 0 Å². The molecule has 0 aliphatic rings. The molecule has 0 saturated heterocycles. The van der Waals surface area contributed by atoms with E-state index in [0.717, 1.165) is 0 Å². The lowest BCUT2D eigenvalue weighted by Gasteiger charge is -2.21. The van der Waals surface area contributed by atoms with Crippen LogP contribution in [0.5, 0.6) is 5.75 Å². The first-order chi connectivity index (χ1) is 11.0. The van der Waals surface area contributed by atoms with Gasteiger partial charge >= 0.3 is 17.6 Å². The summed E-state index contributed by atoms with van der Waals surface area (Å²) in [6, 6.07) is 3.79. The van der Waals surface area contributed by atoms with Gasteiger partial charge in [0.1, 0.15) is 5.60 Å². The normalized spacial score (nSPS) is 12.3. The number of ether oxygens (including phenoxy) is 2. The van der Waals surface area contributed by atoms with Gasteiger partial charge in [-0.25, -0.2) is 0 Å². The SMILES string of the molecule is COC(=O)[C@@H](CC(=O)OC(C)(C)C)Cc1ccc(O)c([N+](=O)[O-])c1. The van der Waals surface area contributed by atoms with Crippen LogP contribution in [0, 0.1) is 16.0 Å². The van der Waals surface area contributed by atoms with Crippen molar-refractivity contribution in [2.45, 2.75) is 39.2 Å². The fourth-order valence-electron chi connectivity index (χ4n) is 2.12. The first-order valence-corrected chi connectivity index (χ1v) is 7.29. The zero-order chi connectivity index (χ0) is 18.5. The van der Waals surface area contributed by atoms with E-state index in [1.165, 1.54) is 25.3 Å². The minimum absolute atomic E-state index is 0.0486. The molecule has 1 aromatic carbocycles. The largest absolute Gasteiger partial charge is 0.502 e. The lowest BCUT2D eigenvalue weighted by atomic mass is 9.95. The van der Waals surface area contributed by atoms with Gasteiger partial charge < -0.3 is 14.6 Å². The number of nitro benzene ring substituents is 1. The van der Waals surface area contributed by atoms with E-state index < -0.39 is 39.8 Å². The maximum Gasteiger partial charge on any atom is 0.310 e. The Kier molecular flexibility index (Phi) is 6.27. The molecule has 24 heavy (non-hydrogen) atoms. The van der Waals surface area contributed by atoms with Crippen molar-refractivity contribution in [1.29, 1.82) is 0 Å². The third-order valence-corrected chi connectivity index (χ3v) is 3.09. The number of aromatic hydroxyl groups is 1. The molecule has 1 rings (SSSR count). The number of rotatable bonds is 6. The zero-order valence-corrected chi connectivity index (χ0v) is 14.1. The van der Waals surface area contributed by atoms with Gasteiger partial charge in [0.25, 0.3) is 0 Å². The van der Waals surface area contributed by atoms with Crippen molar-refractivity contribution in [3.8, 4) is 5.75 Å². The predicted molar refractivity (Wildman–Crippen MR) is 84.4 cm³/mol. The van der Waals surface area contributed by atoms with Crippen molar-refractivity contribution in [2.75, 3.05) is 7.11 Å². The van der Waals surface area contributed by atoms with Gasteiger partial charge in [-0.05, 0) is 38.8 Å². The standard InChI is InChI=1S/C16H21NO7/c1-16(2,3)24-14(19)9-11(15(20)23-4)7-10-5-6-13(18)12(8-10)17(21)22/h5-6,8,11,18H,7,9H2,1-4H3/t11-/m1/s1. The molecule has 0 radical (unpaired) electrons. The number of methoxy groups -OCH3 is 1. The van der Waals surface area contributed by atoms with Crippen LogP contribution >= 0.6 is 0 Å². The Balaban J connectivity index is 2.95. The Labute approximate surface area is 139 Å². The average molecular weight is 339 g/mol. The molecular formula is C16H21NO7. The summed E-state index contributed by atoms with van der Waals surface area (Å²) < 4.78 is 9.87. The Bertz CT molecular complexity index is 634. The fourth-order valence-corrected chi connectivity index (χ4v) is 2.12. The number of carbonyl (C=O) groups is 2. The number of hydrogen-bond acceptors (Lipinski definition) is 7. The molecule has 0 bridgehead atoms. The van der Waals surface area contributed by atoms with Crippen LogP contribution in [0.2, 0.25) is 0 Å². The van der Waals surface area contributed by atoms with Gasteiger partial charge in [-0.3, -0.25) is 19.7 Å². The van der Waals surface area contributed by atoms with E-state index in [4.69, 9.17) is 4.74 Å². The van der Waals surface area contributed by atoms with E-state index in [2.05, 4.69) is 4.74 Å². The van der Waals surface area contributed by atoms with Crippen molar-refractivity contribution < 1.29 is 29.1 Å². The van der Waals surface area contributed by atoms with Gasteiger partial charge in [0.2, 0.25) is 0 Å². The second-order valence-corrected chi connectivity index (χ2v) is 6.29. The average Bonchev–Trinajstić information content (AvgIpc) is 2.45. The van der Waals surface area contributed by atoms with E-state index in [1.807, 2.05) is 0 Å². The molecule has 0 amide bonds. The van der Waals surface area contributed by atoms with E-state index in [0.29, 0.717) is 5.56 Å². The number of esters is 2. The second kappa shape index (κ2) is 7.76. The highest BCUT2D eigenvalue weighted by Gasteiger charge is 2.27. The summed E-state index contributed by atoms with van der Waals surface area (Å²) in [7, 11) is 1.20. The van der Waals surface area contributed by atoms with Crippen molar-refractivity contribution >= 4 is 17.6 Å². The quantitative estimate of drug-likeness (QED) is 0.480. The van der Waals surface area contributed by atoms with Crippen LogP contribution < -0.4 is 0 Å². The van der Waals surface area contributed by atoms with Gasteiger partial charge in [-0.15, -0.1) is 0 Å². The summed E-state index contributed by atoms with van der Waals surface area (Å²) >= 11 is 0. The van der Waals surface area contributed by atoms with Gasteiger partial charge in [0.15, 0.2) is 5.75 Å². The molecule has 0 spiro atoms. The predicted octanol–water partition coefficient (Wildman–Crippen LogP) is 2.36. The number of benzene rings is 1. The molecule has 8 nitrogen and oxygen atoms in total. The Morgan fingerprint density at radius 3 is 2.46 bits per heavy atom. The monoisotopic (exact) mass is 339 g/mol. The minimum Gasteiger partial charge on any atom is -0.502 e. The molecular weight excluding hydrogens is 318 g/mol. The van der Waals surface area contributed by atoms with Crippen LogP contribution in [0.4, 0.5) is 5.69 Å². The Morgan fingerprint density at radius 2 is 1.96 bits per heavy atom. The molecule has 0 aliphatic heterocycles. The van der Waals surface area contributed by atoms with Crippen LogP contribution in [0.1, 0.15) is 32.8 Å². The lowest BCUT2D eigenvalue weighted by Crippen LogP contribution is -2.28. The van der Waals surface area contributed by atoms with E-state index >= 15 is 0 Å². The summed E-state index contributed by atoms with van der Waals surface area (Å²) in [5.74, 6) is -2.48. The molecule has 132 valence electrons. The zero-order valence-electron chi connectivity index (χ0n) is 14.1. The molecule has 0 saturated carbocycles. The number of hydrogen-bond donors (Lipinski definition) is 1.